The van der Waals surface area contributed by atoms with Crippen molar-refractivity contribution in [3.63, 3.8) is 0 Å². The predicted octanol–water partition coefficient (Wildman–Crippen LogP) is -0.967. The number of carboxylic acids is 1. The van der Waals surface area contributed by atoms with Crippen LogP contribution >= 0.6 is 12.6 Å². The van der Waals surface area contributed by atoms with Crippen LogP contribution in [0.4, 0.5) is 0 Å². The Bertz CT molecular complexity index is 2130. The molecule has 5 rings (SSSR count). The molecule has 0 radical (unpaired) electrons. The minimum atomic E-state index is -1.30. The highest BCUT2D eigenvalue weighted by molar-refractivity contribution is 7.80. The van der Waals surface area contributed by atoms with Crippen LogP contribution in [0.15, 0.2) is 67.3 Å². The number of aromatic nitrogens is 3. The number of fused-ring (bicyclic) bond motifs is 1. The first kappa shape index (κ1) is 43.7. The van der Waals surface area contributed by atoms with Crippen molar-refractivity contribution in [3.8, 4) is 5.75 Å². The second kappa shape index (κ2) is 20.3. The maximum absolute atomic E-state index is 13.9. The molecule has 1 aliphatic rings. The molecule has 2 aromatic heterocycles. The zero-order valence-corrected chi connectivity index (χ0v) is 33.0. The third-order valence-corrected chi connectivity index (χ3v) is 10.2. The second-order valence-corrected chi connectivity index (χ2v) is 14.6. The van der Waals surface area contributed by atoms with Crippen molar-refractivity contribution in [2.24, 2.45) is 5.73 Å². The number of likely N-dealkylation sites (tertiary alicyclic amines) is 1. The lowest BCUT2D eigenvalue weighted by Gasteiger charge is -2.29. The van der Waals surface area contributed by atoms with Gasteiger partial charge in [0.2, 0.25) is 35.4 Å². The summed E-state index contributed by atoms with van der Waals surface area (Å²) >= 11 is 4.22. The van der Waals surface area contributed by atoms with E-state index in [2.05, 4.69) is 54.2 Å². The van der Waals surface area contributed by atoms with Gasteiger partial charge in [-0.25, -0.2) is 9.78 Å². The Labute approximate surface area is 344 Å². The number of para-hydroxylation sites is 1. The first-order valence-corrected chi connectivity index (χ1v) is 19.5. The Morgan fingerprint density at radius 1 is 0.898 bits per heavy atom. The quantitative estimate of drug-likeness (QED) is 0.0512. The van der Waals surface area contributed by atoms with Crippen LogP contribution < -0.4 is 32.3 Å². The lowest BCUT2D eigenvalue weighted by molar-refractivity contribution is -0.142. The number of benzene rings is 2. The molecule has 20 heteroatoms. The molecule has 0 aliphatic carbocycles. The number of aromatic hydroxyl groups is 1. The standard InChI is InChI=1S/C39H48N10O9S/c1-21(45-34(52)27(40)13-22-8-10-25(50)11-9-22)38(56)49-12-4-7-32(49)37(55)47-29(14-23-16-42-28-6-3-2-5-26(23)28)36(54)48-31(19-59)35(53)43-18-33(51)46-30(39(57)58)15-24-17-41-20-44-24/h2-3,5-6,8-11,16-17,20-21,27,29-32,42,50,59H,4,7,12-15,18-19,40H2,1H3,(H,41,44)(H,43,53)(H,45,52)(H,46,51)(H,47,55)(H,48,54)(H,57,58). The molecule has 6 atom stereocenters. The van der Waals surface area contributed by atoms with Gasteiger partial charge in [0.05, 0.1) is 18.9 Å². The van der Waals surface area contributed by atoms with Gasteiger partial charge < -0.3 is 57.4 Å². The van der Waals surface area contributed by atoms with Crippen molar-refractivity contribution < 1.29 is 43.8 Å². The number of carboxylic acid groups (broad SMARTS) is 1. The zero-order chi connectivity index (χ0) is 42.6. The Hall–Kier alpha value is -6.41. The Balaban J connectivity index is 1.22. The summed E-state index contributed by atoms with van der Waals surface area (Å²) in [6.07, 6.45) is 5.34. The number of hydrogen-bond donors (Lipinski definition) is 11. The van der Waals surface area contributed by atoms with Crippen LogP contribution in [0.5, 0.6) is 5.75 Å². The summed E-state index contributed by atoms with van der Waals surface area (Å²) in [6.45, 7) is 1.11. The molecule has 0 spiro atoms. The third kappa shape index (κ3) is 11.8. The van der Waals surface area contributed by atoms with E-state index in [1.54, 1.807) is 18.3 Å². The summed E-state index contributed by atoms with van der Waals surface area (Å²) in [5.74, 6) is -5.45. The molecule has 1 aliphatic heterocycles. The lowest BCUT2D eigenvalue weighted by atomic mass is 10.0. The van der Waals surface area contributed by atoms with Gasteiger partial charge in [-0.2, -0.15) is 12.6 Å². The van der Waals surface area contributed by atoms with Crippen LogP contribution in [0.1, 0.15) is 36.6 Å². The van der Waals surface area contributed by atoms with Gasteiger partial charge in [0.25, 0.3) is 0 Å². The molecule has 1 saturated heterocycles. The van der Waals surface area contributed by atoms with E-state index in [9.17, 15) is 43.8 Å². The van der Waals surface area contributed by atoms with Gasteiger partial charge in [-0.3, -0.25) is 28.8 Å². The fourth-order valence-corrected chi connectivity index (χ4v) is 6.99. The van der Waals surface area contributed by atoms with E-state index in [1.807, 2.05) is 24.3 Å². The number of nitrogens with zero attached hydrogens (tertiary/aromatic N) is 2. The van der Waals surface area contributed by atoms with E-state index in [4.69, 9.17) is 5.73 Å². The largest absolute Gasteiger partial charge is 0.508 e. The number of nitrogens with one attached hydrogen (secondary N) is 7. The molecule has 6 unspecified atom stereocenters. The van der Waals surface area contributed by atoms with Gasteiger partial charge in [0.15, 0.2) is 0 Å². The maximum atomic E-state index is 13.9. The van der Waals surface area contributed by atoms with Crippen molar-refractivity contribution >= 4 is 64.9 Å². The number of phenolic OH excluding ortho intramolecular Hbond substituents is 1. The molecule has 4 aromatic rings. The average Bonchev–Trinajstić information content (AvgIpc) is 4.01. The van der Waals surface area contributed by atoms with E-state index in [0.29, 0.717) is 23.2 Å². The highest BCUT2D eigenvalue weighted by Gasteiger charge is 2.38. The summed E-state index contributed by atoms with van der Waals surface area (Å²) in [6, 6.07) is 6.77. The van der Waals surface area contributed by atoms with Crippen LogP contribution in [-0.2, 0) is 52.8 Å². The van der Waals surface area contributed by atoms with Crippen molar-refractivity contribution in [2.45, 2.75) is 75.3 Å². The summed E-state index contributed by atoms with van der Waals surface area (Å²) in [4.78, 5) is 103. The molecular weight excluding hydrogens is 785 g/mol. The minimum Gasteiger partial charge on any atom is -0.508 e. The Morgan fingerprint density at radius 2 is 1.64 bits per heavy atom. The van der Waals surface area contributed by atoms with Crippen LogP contribution in [0, 0.1) is 0 Å². The van der Waals surface area contributed by atoms with Crippen molar-refractivity contribution in [1.29, 1.82) is 0 Å². The number of thiol groups is 1. The number of imidazole rings is 1. The molecule has 6 amide bonds. The van der Waals surface area contributed by atoms with Crippen molar-refractivity contribution in [2.75, 3.05) is 18.8 Å². The molecular formula is C39H48N10O9S. The van der Waals surface area contributed by atoms with Gasteiger partial charge in [-0.05, 0) is 55.5 Å². The van der Waals surface area contributed by atoms with Crippen molar-refractivity contribution in [3.05, 3.63) is 84.1 Å². The molecule has 3 heterocycles. The average molecular weight is 833 g/mol. The molecule has 19 nitrogen and oxygen atoms in total. The number of rotatable bonds is 19. The molecule has 2 aromatic carbocycles. The fourth-order valence-electron chi connectivity index (χ4n) is 6.73. The first-order chi connectivity index (χ1) is 28.2. The minimum absolute atomic E-state index is 0.0101. The molecule has 11 N–H and O–H groups in total. The third-order valence-electron chi connectivity index (χ3n) is 9.88. The normalized spacial score (nSPS) is 16.3. The molecule has 59 heavy (non-hydrogen) atoms. The SMILES string of the molecule is CC(NC(=O)C(N)Cc1ccc(O)cc1)C(=O)N1CCCC1C(=O)NC(Cc1c[nH]c2ccccc12)C(=O)NC(CS)C(=O)NCC(=O)NC(Cc1cnc[nH]1)C(=O)O. The smallest absolute Gasteiger partial charge is 0.326 e. The van der Waals surface area contributed by atoms with Gasteiger partial charge in [0, 0.05) is 54.1 Å². The zero-order valence-electron chi connectivity index (χ0n) is 32.1. The van der Waals surface area contributed by atoms with Crippen LogP contribution in [0.25, 0.3) is 10.9 Å². The van der Waals surface area contributed by atoms with E-state index in [0.717, 1.165) is 10.9 Å². The van der Waals surface area contributed by atoms with Crippen LogP contribution in [-0.4, -0.2) is 127 Å². The number of hydrogen-bond acceptors (Lipinski definition) is 11. The monoisotopic (exact) mass is 832 g/mol. The van der Waals surface area contributed by atoms with E-state index < -0.39 is 84.2 Å². The highest BCUT2D eigenvalue weighted by Crippen LogP contribution is 2.22. The van der Waals surface area contributed by atoms with Gasteiger partial charge >= 0.3 is 5.97 Å². The molecule has 314 valence electrons. The highest BCUT2D eigenvalue weighted by atomic mass is 32.1. The predicted molar refractivity (Wildman–Crippen MR) is 217 cm³/mol. The molecule has 1 fully saturated rings. The number of carbonyl (C=O) groups is 7. The summed E-state index contributed by atoms with van der Waals surface area (Å²) in [7, 11) is 0. The Morgan fingerprint density at radius 3 is 2.34 bits per heavy atom. The summed E-state index contributed by atoms with van der Waals surface area (Å²) in [5.41, 5.74) is 8.77. The van der Waals surface area contributed by atoms with E-state index in [-0.39, 0.29) is 43.7 Å². The summed E-state index contributed by atoms with van der Waals surface area (Å²) in [5, 5.41) is 32.6. The molecule has 0 bridgehead atoms. The van der Waals surface area contributed by atoms with Crippen LogP contribution in [0.2, 0.25) is 0 Å². The number of carbonyl (C=O) groups excluding carboxylic acids is 6. The number of aliphatic carboxylic acids is 1. The van der Waals surface area contributed by atoms with Gasteiger partial charge in [-0.1, -0.05) is 30.3 Å². The van der Waals surface area contributed by atoms with Crippen molar-refractivity contribution in [1.82, 2.24) is 46.4 Å². The Kier molecular flexibility index (Phi) is 15.1. The fraction of sp³-hybridized carbons (Fsp3) is 0.385. The maximum Gasteiger partial charge on any atom is 0.326 e. The van der Waals surface area contributed by atoms with E-state index >= 15 is 0 Å². The number of aromatic amines is 2. The first-order valence-electron chi connectivity index (χ1n) is 18.9. The topological polar surface area (TPSA) is 294 Å². The van der Waals surface area contributed by atoms with E-state index in [1.165, 1.54) is 36.5 Å². The second-order valence-electron chi connectivity index (χ2n) is 14.2. The number of nitrogens with two attached hydrogens (primary N) is 1. The van der Waals surface area contributed by atoms with Crippen LogP contribution in [0.3, 0.4) is 0 Å². The number of amides is 6. The van der Waals surface area contributed by atoms with Gasteiger partial charge in [0.1, 0.15) is 36.0 Å². The number of phenols is 1. The summed E-state index contributed by atoms with van der Waals surface area (Å²) < 4.78 is 0. The lowest BCUT2D eigenvalue weighted by Crippen LogP contribution is -2.59. The number of H-pyrrole nitrogens is 2. The molecule has 0 saturated carbocycles. The van der Waals surface area contributed by atoms with Gasteiger partial charge in [-0.15, -0.1) is 0 Å².